The smallest absolute Gasteiger partial charge is 0.346 e. The lowest BCUT2D eigenvalue weighted by atomic mass is 9.93. The minimum Gasteiger partial charge on any atom is -0.422 e. The molecule has 0 aliphatic heterocycles. The number of nitrogen functional groups attached to an aromatic ring is 1. The third kappa shape index (κ3) is 2.34. The van der Waals surface area contributed by atoms with Crippen LogP contribution in [0.3, 0.4) is 0 Å². The Labute approximate surface area is 147 Å². The fraction of sp³-hybridized carbons (Fsp3) is 0. The number of nitriles is 1. The maximum absolute atomic E-state index is 12.4. The summed E-state index contributed by atoms with van der Waals surface area (Å²) in [6, 6.07) is 18.3. The lowest BCUT2D eigenvalue weighted by molar-refractivity contribution is 0.570. The van der Waals surface area contributed by atoms with Gasteiger partial charge in [-0.05, 0) is 29.8 Å². The highest BCUT2D eigenvalue weighted by Crippen LogP contribution is 2.36. The second kappa shape index (κ2) is 5.66. The molecule has 0 spiro atoms. The van der Waals surface area contributed by atoms with Crippen LogP contribution >= 0.6 is 11.6 Å². The van der Waals surface area contributed by atoms with Gasteiger partial charge in [-0.3, -0.25) is 0 Å². The summed E-state index contributed by atoms with van der Waals surface area (Å²) in [5.41, 5.74) is 7.84. The number of para-hydroxylation sites is 1. The van der Waals surface area contributed by atoms with Crippen LogP contribution in [0, 0.1) is 11.3 Å². The third-order valence-electron chi connectivity index (χ3n) is 4.20. The summed E-state index contributed by atoms with van der Waals surface area (Å²) >= 11 is 6.09. The van der Waals surface area contributed by atoms with Crippen molar-refractivity contribution in [3.63, 3.8) is 0 Å². The van der Waals surface area contributed by atoms with E-state index in [1.54, 1.807) is 36.4 Å². The molecule has 0 atom stereocenters. The van der Waals surface area contributed by atoms with Crippen molar-refractivity contribution >= 4 is 39.0 Å². The number of hydrogen-bond donors (Lipinski definition) is 1. The molecular weight excluding hydrogens is 336 g/mol. The van der Waals surface area contributed by atoms with Gasteiger partial charge in [-0.2, -0.15) is 5.26 Å². The quantitative estimate of drug-likeness (QED) is 0.307. The number of rotatable bonds is 1. The Morgan fingerprint density at radius 1 is 1.04 bits per heavy atom. The van der Waals surface area contributed by atoms with E-state index in [9.17, 15) is 10.1 Å². The van der Waals surface area contributed by atoms with Gasteiger partial charge < -0.3 is 10.2 Å². The zero-order chi connectivity index (χ0) is 17.6. The molecule has 4 nitrogen and oxygen atoms in total. The Morgan fingerprint density at radius 2 is 1.84 bits per heavy atom. The summed E-state index contributed by atoms with van der Waals surface area (Å²) in [5, 5.41) is 11.8. The van der Waals surface area contributed by atoms with Crippen molar-refractivity contribution in [2.75, 3.05) is 5.73 Å². The van der Waals surface area contributed by atoms with Gasteiger partial charge in [0.05, 0.1) is 16.6 Å². The fourth-order valence-corrected chi connectivity index (χ4v) is 3.26. The van der Waals surface area contributed by atoms with E-state index in [1.165, 1.54) is 0 Å². The van der Waals surface area contributed by atoms with Crippen LogP contribution in [0.5, 0.6) is 0 Å². The number of anilines is 1. The van der Waals surface area contributed by atoms with E-state index >= 15 is 0 Å². The molecule has 0 unspecified atom stereocenters. The highest BCUT2D eigenvalue weighted by Gasteiger charge is 2.18. The van der Waals surface area contributed by atoms with Gasteiger partial charge in [0.1, 0.15) is 11.7 Å². The zero-order valence-corrected chi connectivity index (χ0v) is 13.7. The highest BCUT2D eigenvalue weighted by molar-refractivity contribution is 6.30. The van der Waals surface area contributed by atoms with Gasteiger partial charge in [-0.15, -0.1) is 0 Å². The SMILES string of the molecule is N#Cc1c(-c2cccc(Cl)c2)cc2c(c1N)c(=O)oc1ccccc12. The van der Waals surface area contributed by atoms with Gasteiger partial charge in [0, 0.05) is 21.4 Å². The molecule has 3 aromatic carbocycles. The van der Waals surface area contributed by atoms with E-state index in [1.807, 2.05) is 18.2 Å². The van der Waals surface area contributed by atoms with E-state index in [0.29, 0.717) is 21.6 Å². The molecule has 0 amide bonds. The van der Waals surface area contributed by atoms with E-state index in [0.717, 1.165) is 10.9 Å². The number of nitrogens with zero attached hydrogens (tertiary/aromatic N) is 1. The normalized spacial score (nSPS) is 10.9. The largest absolute Gasteiger partial charge is 0.422 e. The van der Waals surface area contributed by atoms with Gasteiger partial charge >= 0.3 is 5.63 Å². The molecule has 0 radical (unpaired) electrons. The Morgan fingerprint density at radius 3 is 2.60 bits per heavy atom. The van der Waals surface area contributed by atoms with E-state index in [2.05, 4.69) is 6.07 Å². The average molecular weight is 347 g/mol. The van der Waals surface area contributed by atoms with Crippen molar-refractivity contribution in [3.05, 3.63) is 75.6 Å². The minimum absolute atomic E-state index is 0.120. The molecule has 4 rings (SSSR count). The molecule has 0 aliphatic rings. The molecule has 25 heavy (non-hydrogen) atoms. The van der Waals surface area contributed by atoms with E-state index in [4.69, 9.17) is 21.8 Å². The van der Waals surface area contributed by atoms with Gasteiger partial charge in [-0.1, -0.05) is 41.9 Å². The molecule has 0 aliphatic carbocycles. The topological polar surface area (TPSA) is 80.0 Å². The Kier molecular flexibility index (Phi) is 3.45. The number of halogens is 1. The molecule has 5 heteroatoms. The van der Waals surface area contributed by atoms with Crippen LogP contribution in [-0.4, -0.2) is 0 Å². The summed E-state index contributed by atoms with van der Waals surface area (Å²) in [5.74, 6) is 0. The molecule has 1 aromatic heterocycles. The van der Waals surface area contributed by atoms with Gasteiger partial charge in [0.25, 0.3) is 0 Å². The predicted molar refractivity (Wildman–Crippen MR) is 99.6 cm³/mol. The first-order valence-electron chi connectivity index (χ1n) is 7.54. The molecule has 0 fully saturated rings. The summed E-state index contributed by atoms with van der Waals surface area (Å²) in [7, 11) is 0. The number of nitrogens with two attached hydrogens (primary N) is 1. The summed E-state index contributed by atoms with van der Waals surface area (Å²) in [6.07, 6.45) is 0. The Bertz CT molecular complexity index is 1250. The molecule has 0 bridgehead atoms. The first kappa shape index (κ1) is 15.3. The molecular formula is C20H11ClN2O2. The van der Waals surface area contributed by atoms with E-state index in [-0.39, 0.29) is 16.6 Å². The second-order valence-electron chi connectivity index (χ2n) is 5.64. The summed E-state index contributed by atoms with van der Waals surface area (Å²) in [4.78, 5) is 12.4. The van der Waals surface area contributed by atoms with Crippen LogP contribution in [0.2, 0.25) is 5.02 Å². The fourth-order valence-electron chi connectivity index (χ4n) is 3.07. The van der Waals surface area contributed by atoms with Crippen LogP contribution in [0.4, 0.5) is 5.69 Å². The lowest BCUT2D eigenvalue weighted by Crippen LogP contribution is -2.06. The molecule has 1 heterocycles. The Hall–Kier alpha value is -3.29. The van der Waals surface area contributed by atoms with Gasteiger partial charge in [-0.25, -0.2) is 4.79 Å². The first-order chi connectivity index (χ1) is 12.1. The third-order valence-corrected chi connectivity index (χ3v) is 4.43. The Balaban J connectivity index is 2.23. The number of fused-ring (bicyclic) bond motifs is 3. The van der Waals surface area contributed by atoms with Crippen LogP contribution in [0.1, 0.15) is 5.56 Å². The highest BCUT2D eigenvalue weighted by atomic mass is 35.5. The average Bonchev–Trinajstić information content (AvgIpc) is 2.61. The predicted octanol–water partition coefficient (Wildman–Crippen LogP) is 4.72. The summed E-state index contributed by atoms with van der Waals surface area (Å²) < 4.78 is 5.35. The van der Waals surface area contributed by atoms with Crippen molar-refractivity contribution in [1.29, 1.82) is 5.26 Å². The monoisotopic (exact) mass is 346 g/mol. The van der Waals surface area contributed by atoms with Crippen molar-refractivity contribution in [3.8, 4) is 17.2 Å². The molecule has 2 N–H and O–H groups in total. The maximum Gasteiger partial charge on any atom is 0.346 e. The summed E-state index contributed by atoms with van der Waals surface area (Å²) in [6.45, 7) is 0. The van der Waals surface area contributed by atoms with Gasteiger partial charge in [0.15, 0.2) is 0 Å². The lowest BCUT2D eigenvalue weighted by Gasteiger charge is -2.12. The molecule has 0 saturated heterocycles. The van der Waals surface area contributed by atoms with Crippen LogP contribution < -0.4 is 11.4 Å². The van der Waals surface area contributed by atoms with Crippen molar-refractivity contribution < 1.29 is 4.42 Å². The zero-order valence-electron chi connectivity index (χ0n) is 12.9. The molecule has 4 aromatic rings. The molecule has 0 saturated carbocycles. The van der Waals surface area contributed by atoms with Crippen molar-refractivity contribution in [2.45, 2.75) is 0 Å². The first-order valence-corrected chi connectivity index (χ1v) is 7.92. The molecule has 120 valence electrons. The second-order valence-corrected chi connectivity index (χ2v) is 6.08. The standard InChI is InChI=1S/C20H11ClN2O2/c21-12-5-3-4-11(8-12)14-9-15-13-6-1-2-7-17(13)25-20(24)18(15)19(23)16(14)10-22/h1-9H,23H2. The number of hydrogen-bond acceptors (Lipinski definition) is 4. The van der Waals surface area contributed by atoms with Crippen LogP contribution in [0.25, 0.3) is 32.9 Å². The maximum atomic E-state index is 12.4. The van der Waals surface area contributed by atoms with Gasteiger partial charge in [0.2, 0.25) is 0 Å². The van der Waals surface area contributed by atoms with Crippen molar-refractivity contribution in [2.24, 2.45) is 0 Å². The van der Waals surface area contributed by atoms with Crippen molar-refractivity contribution in [1.82, 2.24) is 0 Å². The number of benzene rings is 3. The minimum atomic E-state index is -0.555. The van der Waals surface area contributed by atoms with Crippen LogP contribution in [0.15, 0.2) is 63.8 Å². The van der Waals surface area contributed by atoms with Crippen LogP contribution in [-0.2, 0) is 0 Å². The van der Waals surface area contributed by atoms with E-state index < -0.39 is 5.63 Å².